The van der Waals surface area contributed by atoms with Crippen LogP contribution in [0.15, 0.2) is 0 Å². The Morgan fingerprint density at radius 1 is 1.32 bits per heavy atom. The summed E-state index contributed by atoms with van der Waals surface area (Å²) in [5.74, 6) is -1.03. The van der Waals surface area contributed by atoms with Crippen LogP contribution in [0, 0.1) is 5.41 Å². The van der Waals surface area contributed by atoms with E-state index in [1.54, 1.807) is 7.11 Å². The molecule has 0 aromatic carbocycles. The van der Waals surface area contributed by atoms with Crippen LogP contribution in [-0.4, -0.2) is 43.4 Å². The Labute approximate surface area is 114 Å². The zero-order valence-electron chi connectivity index (χ0n) is 12.3. The Morgan fingerprint density at radius 3 is 2.42 bits per heavy atom. The number of carboxylic acids is 1. The Morgan fingerprint density at radius 2 is 1.95 bits per heavy atom. The van der Waals surface area contributed by atoms with Crippen LogP contribution in [0.5, 0.6) is 0 Å². The fourth-order valence-corrected chi connectivity index (χ4v) is 1.45. The number of urea groups is 1. The molecule has 2 amide bonds. The van der Waals surface area contributed by atoms with Crippen LogP contribution in [0.25, 0.3) is 0 Å². The third kappa shape index (κ3) is 10.3. The van der Waals surface area contributed by atoms with E-state index >= 15 is 0 Å². The molecule has 1 atom stereocenters. The summed E-state index contributed by atoms with van der Waals surface area (Å²) < 4.78 is 4.86. The molecule has 0 aromatic rings. The highest BCUT2D eigenvalue weighted by Gasteiger charge is 2.19. The molecule has 0 aliphatic rings. The maximum absolute atomic E-state index is 11.6. The van der Waals surface area contributed by atoms with E-state index in [9.17, 15) is 9.59 Å². The van der Waals surface area contributed by atoms with Crippen LogP contribution >= 0.6 is 0 Å². The van der Waals surface area contributed by atoms with E-state index in [2.05, 4.69) is 31.4 Å². The number of hydrogen-bond acceptors (Lipinski definition) is 3. The molecular formula is C13H26N2O4. The number of hydrogen-bond donors (Lipinski definition) is 3. The van der Waals surface area contributed by atoms with Gasteiger partial charge >= 0.3 is 12.0 Å². The molecule has 1 unspecified atom stereocenters. The molecule has 0 spiro atoms. The van der Waals surface area contributed by atoms with Gasteiger partial charge in [0, 0.05) is 20.3 Å². The van der Waals surface area contributed by atoms with Gasteiger partial charge in [-0.05, 0) is 24.7 Å². The molecule has 3 N–H and O–H groups in total. The van der Waals surface area contributed by atoms with Gasteiger partial charge in [-0.25, -0.2) is 9.59 Å². The van der Waals surface area contributed by atoms with Crippen LogP contribution in [0.4, 0.5) is 4.79 Å². The first-order valence-electron chi connectivity index (χ1n) is 6.52. The van der Waals surface area contributed by atoms with Crippen LogP contribution in [0.3, 0.4) is 0 Å². The lowest BCUT2D eigenvalue weighted by atomic mass is 9.92. The first-order valence-corrected chi connectivity index (χ1v) is 6.52. The summed E-state index contributed by atoms with van der Waals surface area (Å²) >= 11 is 0. The third-order valence-electron chi connectivity index (χ3n) is 2.61. The van der Waals surface area contributed by atoms with Crippen molar-refractivity contribution in [1.82, 2.24) is 10.6 Å². The molecule has 0 fully saturated rings. The molecule has 0 heterocycles. The monoisotopic (exact) mass is 274 g/mol. The van der Waals surface area contributed by atoms with Crippen molar-refractivity contribution in [3.8, 4) is 0 Å². The van der Waals surface area contributed by atoms with Crippen molar-refractivity contribution in [2.24, 2.45) is 5.41 Å². The fraction of sp³-hybridized carbons (Fsp3) is 0.846. The highest BCUT2D eigenvalue weighted by atomic mass is 16.5. The molecule has 0 aromatic heterocycles. The predicted octanol–water partition coefficient (Wildman–Crippen LogP) is 1.60. The van der Waals surface area contributed by atoms with Crippen molar-refractivity contribution in [1.29, 1.82) is 0 Å². The van der Waals surface area contributed by atoms with Crippen LogP contribution in [-0.2, 0) is 9.53 Å². The largest absolute Gasteiger partial charge is 0.480 e. The molecule has 112 valence electrons. The standard InChI is InChI=1S/C13H26N2O4/c1-13(2,3)7-8-14-12(18)15-10(11(16)17)6-5-9-19-4/h10H,5-9H2,1-4H3,(H,16,17)(H2,14,15,18). The summed E-state index contributed by atoms with van der Waals surface area (Å²) in [7, 11) is 1.56. The van der Waals surface area contributed by atoms with Gasteiger partial charge in [0.25, 0.3) is 0 Å². The van der Waals surface area contributed by atoms with E-state index in [1.165, 1.54) is 0 Å². The van der Waals surface area contributed by atoms with Gasteiger partial charge in [0.1, 0.15) is 6.04 Å². The van der Waals surface area contributed by atoms with Crippen LogP contribution < -0.4 is 10.6 Å². The Balaban J connectivity index is 4.00. The number of carbonyl (C=O) groups excluding carboxylic acids is 1. The van der Waals surface area contributed by atoms with Crippen molar-refractivity contribution in [2.45, 2.75) is 46.1 Å². The van der Waals surface area contributed by atoms with Gasteiger partial charge in [0.2, 0.25) is 0 Å². The first kappa shape index (κ1) is 17.7. The molecule has 19 heavy (non-hydrogen) atoms. The number of rotatable bonds is 8. The molecule has 0 radical (unpaired) electrons. The zero-order valence-corrected chi connectivity index (χ0v) is 12.3. The second-order valence-corrected chi connectivity index (χ2v) is 5.74. The summed E-state index contributed by atoms with van der Waals surface area (Å²) in [6.07, 6.45) is 1.79. The highest BCUT2D eigenvalue weighted by Crippen LogP contribution is 2.16. The minimum absolute atomic E-state index is 0.137. The van der Waals surface area contributed by atoms with E-state index in [0.717, 1.165) is 6.42 Å². The van der Waals surface area contributed by atoms with Crippen molar-refractivity contribution in [3.05, 3.63) is 0 Å². The predicted molar refractivity (Wildman–Crippen MR) is 73.1 cm³/mol. The molecule has 0 rings (SSSR count). The fourth-order valence-electron chi connectivity index (χ4n) is 1.45. The Bertz CT molecular complexity index is 287. The molecule has 0 saturated heterocycles. The minimum Gasteiger partial charge on any atom is -0.480 e. The molecule has 0 bridgehead atoms. The second-order valence-electron chi connectivity index (χ2n) is 5.74. The lowest BCUT2D eigenvalue weighted by molar-refractivity contribution is -0.139. The molecule has 6 heteroatoms. The van der Waals surface area contributed by atoms with Gasteiger partial charge in [0.05, 0.1) is 0 Å². The quantitative estimate of drug-likeness (QED) is 0.587. The topological polar surface area (TPSA) is 87.7 Å². The molecular weight excluding hydrogens is 248 g/mol. The summed E-state index contributed by atoms with van der Waals surface area (Å²) in [5, 5.41) is 14.1. The SMILES string of the molecule is COCCCC(NC(=O)NCCC(C)(C)C)C(=O)O. The van der Waals surface area contributed by atoms with E-state index in [-0.39, 0.29) is 5.41 Å². The van der Waals surface area contributed by atoms with Crippen molar-refractivity contribution < 1.29 is 19.4 Å². The Kier molecular flexibility index (Phi) is 8.14. The zero-order chi connectivity index (χ0) is 14.9. The van der Waals surface area contributed by atoms with Gasteiger partial charge < -0.3 is 20.5 Å². The van der Waals surface area contributed by atoms with Gasteiger partial charge in [-0.2, -0.15) is 0 Å². The molecule has 0 aliphatic heterocycles. The van der Waals surface area contributed by atoms with Crippen molar-refractivity contribution in [2.75, 3.05) is 20.3 Å². The maximum atomic E-state index is 11.6. The summed E-state index contributed by atoms with van der Waals surface area (Å²) in [6, 6.07) is -1.31. The number of methoxy groups -OCH3 is 1. The Hall–Kier alpha value is -1.30. The smallest absolute Gasteiger partial charge is 0.326 e. The van der Waals surface area contributed by atoms with Gasteiger partial charge in [-0.1, -0.05) is 20.8 Å². The van der Waals surface area contributed by atoms with E-state index in [0.29, 0.717) is 26.0 Å². The second kappa shape index (κ2) is 8.74. The minimum atomic E-state index is -1.03. The lowest BCUT2D eigenvalue weighted by Gasteiger charge is -2.19. The number of carboxylic acid groups (broad SMARTS) is 1. The van der Waals surface area contributed by atoms with Crippen molar-refractivity contribution in [3.63, 3.8) is 0 Å². The van der Waals surface area contributed by atoms with Gasteiger partial charge in [-0.15, -0.1) is 0 Å². The average molecular weight is 274 g/mol. The normalized spacial score (nSPS) is 12.8. The summed E-state index contributed by atoms with van der Waals surface area (Å²) in [5.41, 5.74) is 0.137. The highest BCUT2D eigenvalue weighted by molar-refractivity contribution is 5.82. The first-order chi connectivity index (χ1) is 8.76. The lowest BCUT2D eigenvalue weighted by Crippen LogP contribution is -2.46. The van der Waals surface area contributed by atoms with E-state index in [1.807, 2.05) is 0 Å². The van der Waals surface area contributed by atoms with Gasteiger partial charge in [-0.3, -0.25) is 0 Å². The van der Waals surface area contributed by atoms with Crippen LogP contribution in [0.2, 0.25) is 0 Å². The number of nitrogens with one attached hydrogen (secondary N) is 2. The van der Waals surface area contributed by atoms with Crippen LogP contribution in [0.1, 0.15) is 40.0 Å². The third-order valence-corrected chi connectivity index (χ3v) is 2.61. The summed E-state index contributed by atoms with van der Waals surface area (Å²) in [6.45, 7) is 7.25. The maximum Gasteiger partial charge on any atom is 0.326 e. The molecule has 0 saturated carbocycles. The molecule has 6 nitrogen and oxygen atoms in total. The number of ether oxygens (including phenoxy) is 1. The van der Waals surface area contributed by atoms with E-state index < -0.39 is 18.0 Å². The van der Waals surface area contributed by atoms with Crippen molar-refractivity contribution >= 4 is 12.0 Å². The number of aliphatic carboxylic acids is 1. The summed E-state index contributed by atoms with van der Waals surface area (Å²) in [4.78, 5) is 22.5. The average Bonchev–Trinajstić information content (AvgIpc) is 2.26. The van der Waals surface area contributed by atoms with E-state index in [4.69, 9.17) is 9.84 Å². The number of carbonyl (C=O) groups is 2. The molecule has 0 aliphatic carbocycles. The van der Waals surface area contributed by atoms with Gasteiger partial charge in [0.15, 0.2) is 0 Å². The number of amides is 2.